The van der Waals surface area contributed by atoms with Crippen molar-refractivity contribution in [2.24, 2.45) is 0 Å². The quantitative estimate of drug-likeness (QED) is 0.664. The van der Waals surface area contributed by atoms with E-state index in [9.17, 15) is 4.79 Å². The molecule has 4 heteroatoms. The van der Waals surface area contributed by atoms with E-state index < -0.39 is 5.24 Å². The van der Waals surface area contributed by atoms with Gasteiger partial charge in [-0.2, -0.15) is 0 Å². The normalized spacial score (nSPS) is 8.69. The van der Waals surface area contributed by atoms with Crippen molar-refractivity contribution >= 4 is 40.0 Å². The molecule has 0 unspecified atom stereocenters. The van der Waals surface area contributed by atoms with E-state index in [-0.39, 0.29) is 15.6 Å². The van der Waals surface area contributed by atoms with E-state index in [0.29, 0.717) is 0 Å². The Labute approximate surface area is 92.6 Å². The monoisotopic (exact) mass is 238 g/mol. The van der Waals surface area contributed by atoms with Crippen LogP contribution in [0, 0.1) is 0 Å². The van der Waals surface area contributed by atoms with Gasteiger partial charge in [0.1, 0.15) is 0 Å². The second kappa shape index (κ2) is 6.25. The van der Waals surface area contributed by atoms with Crippen molar-refractivity contribution in [3.8, 4) is 0 Å². The summed E-state index contributed by atoms with van der Waals surface area (Å²) in [6.45, 7) is 4.00. The van der Waals surface area contributed by atoms with Crippen LogP contribution in [0.2, 0.25) is 10.0 Å². The summed E-state index contributed by atoms with van der Waals surface area (Å²) in [4.78, 5) is 10.7. The van der Waals surface area contributed by atoms with Gasteiger partial charge in [0.25, 0.3) is 5.24 Å². The van der Waals surface area contributed by atoms with Gasteiger partial charge >= 0.3 is 0 Å². The summed E-state index contributed by atoms with van der Waals surface area (Å²) in [7, 11) is 0. The summed E-state index contributed by atoms with van der Waals surface area (Å²) in [5, 5.41) is -0.0874. The van der Waals surface area contributed by atoms with E-state index in [1.807, 2.05) is 13.8 Å². The van der Waals surface area contributed by atoms with E-state index in [1.165, 1.54) is 0 Å². The predicted molar refractivity (Wildman–Crippen MR) is 58.0 cm³/mol. The van der Waals surface area contributed by atoms with Gasteiger partial charge in [0.05, 0.1) is 15.6 Å². The Kier molecular flexibility index (Phi) is 6.13. The first-order chi connectivity index (χ1) is 6.13. The average Bonchev–Trinajstić information content (AvgIpc) is 2.07. The Morgan fingerprint density at radius 3 is 1.77 bits per heavy atom. The number of halogens is 3. The van der Waals surface area contributed by atoms with Gasteiger partial charge in [0.2, 0.25) is 0 Å². The molecule has 0 saturated carbocycles. The van der Waals surface area contributed by atoms with E-state index >= 15 is 0 Å². The van der Waals surface area contributed by atoms with Crippen LogP contribution in [0.4, 0.5) is 0 Å². The molecule has 1 rings (SSSR count). The molecule has 72 valence electrons. The Morgan fingerprint density at radius 1 is 1.15 bits per heavy atom. The van der Waals surface area contributed by atoms with Gasteiger partial charge in [-0.3, -0.25) is 4.79 Å². The lowest BCUT2D eigenvalue weighted by Gasteiger charge is -1.98. The maximum Gasteiger partial charge on any atom is 0.255 e. The van der Waals surface area contributed by atoms with Gasteiger partial charge in [-0.05, 0) is 23.7 Å². The second-order valence-corrected chi connectivity index (χ2v) is 3.03. The highest BCUT2D eigenvalue weighted by molar-refractivity contribution is 6.69. The third-order valence-electron chi connectivity index (χ3n) is 1.16. The lowest BCUT2D eigenvalue weighted by Crippen LogP contribution is -1.90. The van der Waals surface area contributed by atoms with Gasteiger partial charge < -0.3 is 0 Å². The van der Waals surface area contributed by atoms with Gasteiger partial charge in [0.15, 0.2) is 0 Å². The number of carbonyl (C=O) groups excluding carboxylic acids is 1. The number of hydrogen-bond donors (Lipinski definition) is 0. The molecule has 0 heterocycles. The molecular weight excluding hydrogens is 230 g/mol. The number of hydrogen-bond acceptors (Lipinski definition) is 1. The van der Waals surface area contributed by atoms with Crippen LogP contribution in [0.25, 0.3) is 0 Å². The van der Waals surface area contributed by atoms with Crippen LogP contribution >= 0.6 is 34.8 Å². The maximum absolute atomic E-state index is 10.7. The van der Waals surface area contributed by atoms with Gasteiger partial charge in [0, 0.05) is 0 Å². The third kappa shape index (κ3) is 3.55. The minimum absolute atomic E-state index is 0.164. The van der Waals surface area contributed by atoms with E-state index in [1.54, 1.807) is 18.2 Å². The molecule has 0 N–H and O–H groups in total. The molecule has 0 fully saturated rings. The summed E-state index contributed by atoms with van der Waals surface area (Å²) in [5.41, 5.74) is 0.164. The van der Waals surface area contributed by atoms with Crippen LogP contribution in [-0.4, -0.2) is 5.24 Å². The SMILES string of the molecule is CC.O=C(Cl)c1c(Cl)cccc1Cl. The molecule has 0 atom stereocenters. The van der Waals surface area contributed by atoms with Gasteiger partial charge in [-0.25, -0.2) is 0 Å². The van der Waals surface area contributed by atoms with E-state index in [4.69, 9.17) is 34.8 Å². The summed E-state index contributed by atoms with van der Waals surface area (Å²) < 4.78 is 0. The zero-order chi connectivity index (χ0) is 10.4. The Hall–Kier alpha value is -0.240. The Bertz CT molecular complexity index is 277. The molecule has 0 aliphatic carbocycles. The first kappa shape index (κ1) is 12.8. The van der Waals surface area contributed by atoms with Gasteiger partial charge in [-0.15, -0.1) is 0 Å². The van der Waals surface area contributed by atoms with Crippen molar-refractivity contribution in [2.75, 3.05) is 0 Å². The molecule has 1 aromatic carbocycles. The second-order valence-electron chi connectivity index (χ2n) is 1.87. The number of carbonyl (C=O) groups is 1. The van der Waals surface area contributed by atoms with Crippen LogP contribution in [-0.2, 0) is 0 Å². The van der Waals surface area contributed by atoms with Crippen molar-refractivity contribution in [2.45, 2.75) is 13.8 Å². The fourth-order valence-corrected chi connectivity index (χ4v) is 1.56. The topological polar surface area (TPSA) is 17.1 Å². The highest BCUT2D eigenvalue weighted by Gasteiger charge is 2.10. The van der Waals surface area contributed by atoms with Crippen LogP contribution in [0.15, 0.2) is 18.2 Å². The predicted octanol–water partition coefficient (Wildman–Crippen LogP) is 4.40. The van der Waals surface area contributed by atoms with E-state index in [2.05, 4.69) is 0 Å². The molecule has 0 amide bonds. The Balaban J connectivity index is 0.000000671. The fraction of sp³-hybridized carbons (Fsp3) is 0.222. The summed E-state index contributed by atoms with van der Waals surface area (Å²) >= 11 is 16.5. The zero-order valence-electron chi connectivity index (χ0n) is 7.27. The van der Waals surface area contributed by atoms with Crippen molar-refractivity contribution in [3.63, 3.8) is 0 Å². The summed E-state index contributed by atoms with van der Waals surface area (Å²) in [6, 6.07) is 4.76. The van der Waals surface area contributed by atoms with Gasteiger partial charge in [-0.1, -0.05) is 43.1 Å². The Morgan fingerprint density at radius 2 is 1.54 bits per heavy atom. The average molecular weight is 240 g/mol. The lowest BCUT2D eigenvalue weighted by atomic mass is 10.2. The van der Waals surface area contributed by atoms with Crippen molar-refractivity contribution < 1.29 is 4.79 Å². The van der Waals surface area contributed by atoms with Crippen molar-refractivity contribution in [3.05, 3.63) is 33.8 Å². The fourth-order valence-electron chi connectivity index (χ4n) is 0.686. The third-order valence-corrected chi connectivity index (χ3v) is 1.98. The molecule has 0 aliphatic rings. The molecule has 1 aromatic rings. The molecular formula is C9H9Cl3O. The minimum atomic E-state index is -0.638. The summed E-state index contributed by atoms with van der Waals surface area (Å²) in [6.07, 6.45) is 0. The van der Waals surface area contributed by atoms with E-state index in [0.717, 1.165) is 0 Å². The molecule has 0 radical (unpaired) electrons. The van der Waals surface area contributed by atoms with Crippen molar-refractivity contribution in [1.29, 1.82) is 0 Å². The van der Waals surface area contributed by atoms with Crippen molar-refractivity contribution in [1.82, 2.24) is 0 Å². The molecule has 1 nitrogen and oxygen atoms in total. The lowest BCUT2D eigenvalue weighted by molar-refractivity contribution is 0.108. The highest BCUT2D eigenvalue weighted by Crippen LogP contribution is 2.25. The zero-order valence-corrected chi connectivity index (χ0v) is 9.54. The molecule has 0 bridgehead atoms. The smallest absolute Gasteiger partial charge is 0.255 e. The first-order valence-electron chi connectivity index (χ1n) is 3.77. The van der Waals surface area contributed by atoms with Crippen LogP contribution < -0.4 is 0 Å². The first-order valence-corrected chi connectivity index (χ1v) is 4.90. The largest absolute Gasteiger partial charge is 0.275 e. The molecule has 0 aliphatic heterocycles. The van der Waals surface area contributed by atoms with Crippen LogP contribution in [0.1, 0.15) is 24.2 Å². The van der Waals surface area contributed by atoms with Crippen LogP contribution in [0.3, 0.4) is 0 Å². The molecule has 0 saturated heterocycles. The number of rotatable bonds is 1. The maximum atomic E-state index is 10.7. The summed E-state index contributed by atoms with van der Waals surface area (Å²) in [5.74, 6) is 0. The standard InChI is InChI=1S/C7H3Cl3O.C2H6/c8-4-2-1-3-5(9)6(4)7(10)11;1-2/h1-3H;1-2H3. The van der Waals surface area contributed by atoms with Crippen LogP contribution in [0.5, 0.6) is 0 Å². The molecule has 0 aromatic heterocycles. The molecule has 13 heavy (non-hydrogen) atoms. The highest BCUT2D eigenvalue weighted by atomic mass is 35.5. The minimum Gasteiger partial charge on any atom is -0.275 e. The molecule has 0 spiro atoms. The number of benzene rings is 1.